The monoisotopic (exact) mass is 340 g/mol. The van der Waals surface area contributed by atoms with E-state index in [0.29, 0.717) is 22.0 Å². The number of carbonyl (C=O) groups excluding carboxylic acids is 1. The highest BCUT2D eigenvalue weighted by Gasteiger charge is 2.35. The second-order valence-electron chi connectivity index (χ2n) is 5.15. The number of nitrogens with one attached hydrogen (secondary N) is 1. The Balaban J connectivity index is 1.81. The lowest BCUT2D eigenvalue weighted by Gasteiger charge is -2.25. The Morgan fingerprint density at radius 2 is 2.27 bits per heavy atom. The summed E-state index contributed by atoms with van der Waals surface area (Å²) in [5.74, 6) is -0.361. The van der Waals surface area contributed by atoms with Gasteiger partial charge in [0.15, 0.2) is 0 Å². The maximum atomic E-state index is 13.4. The van der Waals surface area contributed by atoms with Crippen molar-refractivity contribution in [3.8, 4) is 0 Å². The maximum Gasteiger partial charge on any atom is 0.322 e. The molecule has 1 aliphatic heterocycles. The summed E-state index contributed by atoms with van der Waals surface area (Å²) in [6.07, 6.45) is -0.245. The molecule has 0 spiro atoms. The van der Waals surface area contributed by atoms with E-state index in [4.69, 9.17) is 11.6 Å². The van der Waals surface area contributed by atoms with Crippen LogP contribution in [0.4, 0.5) is 14.9 Å². The van der Waals surface area contributed by atoms with Crippen LogP contribution in [0, 0.1) is 5.82 Å². The van der Waals surface area contributed by atoms with Gasteiger partial charge < -0.3 is 15.3 Å². The molecule has 2 atom stereocenters. The minimum absolute atomic E-state index is 0.203. The van der Waals surface area contributed by atoms with Crippen molar-refractivity contribution in [1.82, 2.24) is 4.90 Å². The fourth-order valence-corrected chi connectivity index (χ4v) is 3.47. The smallest absolute Gasteiger partial charge is 0.322 e. The number of aliphatic hydroxyl groups excluding tert-OH is 1. The van der Waals surface area contributed by atoms with Crippen LogP contribution < -0.4 is 5.32 Å². The molecular weight excluding hydrogens is 327 g/mol. The first-order valence-electron chi connectivity index (χ1n) is 6.78. The molecule has 7 heteroatoms. The van der Waals surface area contributed by atoms with E-state index in [0.717, 1.165) is 0 Å². The van der Waals surface area contributed by atoms with Gasteiger partial charge in [0.2, 0.25) is 0 Å². The van der Waals surface area contributed by atoms with E-state index < -0.39 is 6.10 Å². The second kappa shape index (κ2) is 6.24. The Morgan fingerprint density at radius 1 is 1.45 bits per heavy atom. The topological polar surface area (TPSA) is 52.6 Å². The van der Waals surface area contributed by atoms with Crippen LogP contribution in [0.5, 0.6) is 0 Å². The van der Waals surface area contributed by atoms with Crippen molar-refractivity contribution >= 4 is 34.7 Å². The van der Waals surface area contributed by atoms with Gasteiger partial charge in [0.05, 0.1) is 17.8 Å². The number of anilines is 1. The van der Waals surface area contributed by atoms with E-state index in [1.165, 1.54) is 28.4 Å². The highest BCUT2D eigenvalue weighted by Crippen LogP contribution is 2.34. The van der Waals surface area contributed by atoms with Crippen LogP contribution in [-0.4, -0.2) is 28.7 Å². The molecule has 1 aromatic heterocycles. The van der Waals surface area contributed by atoms with Gasteiger partial charge in [-0.15, -0.1) is 11.3 Å². The fraction of sp³-hybridized carbons (Fsp3) is 0.267. The largest absolute Gasteiger partial charge is 0.391 e. The molecule has 2 amide bonds. The van der Waals surface area contributed by atoms with Gasteiger partial charge in [-0.2, -0.15) is 0 Å². The quantitative estimate of drug-likeness (QED) is 0.871. The minimum atomic E-state index is -0.628. The summed E-state index contributed by atoms with van der Waals surface area (Å²) < 4.78 is 13.9. The Bertz CT molecular complexity index is 694. The average Bonchev–Trinajstić information content (AvgIpc) is 3.05. The summed E-state index contributed by atoms with van der Waals surface area (Å²) >= 11 is 7.30. The molecule has 1 aromatic carbocycles. The Morgan fingerprint density at radius 3 is 2.95 bits per heavy atom. The predicted molar refractivity (Wildman–Crippen MR) is 84.8 cm³/mol. The summed E-state index contributed by atoms with van der Waals surface area (Å²) in [5.41, 5.74) is 1.21. The van der Waals surface area contributed by atoms with Gasteiger partial charge in [0.1, 0.15) is 10.2 Å². The molecule has 2 heterocycles. The summed E-state index contributed by atoms with van der Waals surface area (Å²) in [6, 6.07) is 7.10. The lowest BCUT2D eigenvalue weighted by atomic mass is 10.0. The molecular formula is C15H14ClFN2O2S. The van der Waals surface area contributed by atoms with Crippen molar-refractivity contribution in [1.29, 1.82) is 0 Å². The number of benzene rings is 1. The molecule has 1 saturated heterocycles. The molecule has 22 heavy (non-hydrogen) atoms. The number of nitrogens with zero attached hydrogens (tertiary/aromatic N) is 1. The molecule has 0 saturated carbocycles. The van der Waals surface area contributed by atoms with Crippen molar-refractivity contribution < 1.29 is 14.3 Å². The van der Waals surface area contributed by atoms with Crippen LogP contribution in [0.1, 0.15) is 18.0 Å². The number of thiophene rings is 1. The lowest BCUT2D eigenvalue weighted by molar-refractivity contribution is 0.175. The fourth-order valence-electron chi connectivity index (χ4n) is 2.64. The van der Waals surface area contributed by atoms with Gasteiger partial charge in [-0.1, -0.05) is 23.7 Å². The van der Waals surface area contributed by atoms with Crippen LogP contribution in [0.25, 0.3) is 0 Å². The molecule has 4 nitrogen and oxygen atoms in total. The molecule has 0 bridgehead atoms. The summed E-state index contributed by atoms with van der Waals surface area (Å²) in [4.78, 5) is 13.9. The number of rotatable bonds is 2. The maximum absolute atomic E-state index is 13.4. The van der Waals surface area contributed by atoms with Gasteiger partial charge >= 0.3 is 6.03 Å². The molecule has 116 valence electrons. The van der Waals surface area contributed by atoms with Crippen LogP contribution in [-0.2, 0) is 0 Å². The Labute approximate surface area is 136 Å². The van der Waals surface area contributed by atoms with Crippen LogP contribution in [0.15, 0.2) is 35.7 Å². The third-order valence-electron chi connectivity index (χ3n) is 3.63. The molecule has 0 aliphatic carbocycles. The molecule has 2 aromatic rings. The number of carbonyl (C=O) groups is 1. The van der Waals surface area contributed by atoms with Crippen LogP contribution in [0.3, 0.4) is 0 Å². The standard InChI is InChI=1S/C15H14ClFN2O2S/c16-14-12(4-5-22-14)18-15(21)19-8-11(20)7-13(19)9-2-1-3-10(17)6-9/h1-6,11,13,20H,7-8H2,(H,18,21)/t11-,13+/m1/s1. The van der Waals surface area contributed by atoms with Crippen molar-refractivity contribution in [3.05, 3.63) is 51.4 Å². The molecule has 0 unspecified atom stereocenters. The van der Waals surface area contributed by atoms with Gasteiger partial charge in [0.25, 0.3) is 0 Å². The Kier molecular flexibility index (Phi) is 4.33. The molecule has 3 rings (SSSR count). The van der Waals surface area contributed by atoms with E-state index in [1.807, 2.05) is 0 Å². The number of likely N-dealkylation sites (tertiary alicyclic amines) is 1. The molecule has 1 aliphatic rings. The van der Waals surface area contributed by atoms with E-state index in [9.17, 15) is 14.3 Å². The molecule has 0 radical (unpaired) electrons. The van der Waals surface area contributed by atoms with E-state index in [1.54, 1.807) is 23.6 Å². The zero-order chi connectivity index (χ0) is 15.7. The van der Waals surface area contributed by atoms with Gasteiger partial charge in [-0.05, 0) is 35.6 Å². The first kappa shape index (κ1) is 15.3. The number of β-amino-alcohol motifs (C(OH)–C–C–N with tert-alkyl or cyclic N) is 1. The number of aliphatic hydroxyl groups is 1. The number of amides is 2. The number of halogens is 2. The van der Waals surface area contributed by atoms with Gasteiger partial charge in [-0.3, -0.25) is 0 Å². The predicted octanol–water partition coefficient (Wildman–Crippen LogP) is 3.88. The average molecular weight is 341 g/mol. The first-order valence-corrected chi connectivity index (χ1v) is 8.04. The second-order valence-corrected chi connectivity index (χ2v) is 6.67. The highest BCUT2D eigenvalue weighted by molar-refractivity contribution is 7.15. The SMILES string of the molecule is O=C(Nc1ccsc1Cl)N1C[C@H](O)C[C@H]1c1cccc(F)c1. The number of urea groups is 1. The zero-order valence-electron chi connectivity index (χ0n) is 11.5. The Hall–Kier alpha value is -1.63. The van der Waals surface area contributed by atoms with E-state index >= 15 is 0 Å². The molecule has 1 fully saturated rings. The van der Waals surface area contributed by atoms with Gasteiger partial charge in [-0.25, -0.2) is 9.18 Å². The van der Waals surface area contributed by atoms with Crippen LogP contribution in [0.2, 0.25) is 4.34 Å². The number of hydrogen-bond acceptors (Lipinski definition) is 3. The first-order chi connectivity index (χ1) is 10.5. The van der Waals surface area contributed by atoms with Crippen molar-refractivity contribution in [2.75, 3.05) is 11.9 Å². The molecule has 2 N–H and O–H groups in total. The van der Waals surface area contributed by atoms with E-state index in [-0.39, 0.29) is 24.4 Å². The van der Waals surface area contributed by atoms with E-state index in [2.05, 4.69) is 5.32 Å². The summed E-state index contributed by atoms with van der Waals surface area (Å²) in [7, 11) is 0. The summed E-state index contributed by atoms with van der Waals surface area (Å²) in [6.45, 7) is 0.203. The van der Waals surface area contributed by atoms with Crippen molar-refractivity contribution in [2.45, 2.75) is 18.6 Å². The zero-order valence-corrected chi connectivity index (χ0v) is 13.1. The van der Waals surface area contributed by atoms with Crippen LogP contribution >= 0.6 is 22.9 Å². The third-order valence-corrected chi connectivity index (χ3v) is 4.80. The van der Waals surface area contributed by atoms with Crippen molar-refractivity contribution in [3.63, 3.8) is 0 Å². The summed E-state index contributed by atoms with van der Waals surface area (Å²) in [5, 5.41) is 14.4. The normalized spacial score (nSPS) is 21.1. The minimum Gasteiger partial charge on any atom is -0.391 e. The number of hydrogen-bond donors (Lipinski definition) is 2. The highest BCUT2D eigenvalue weighted by atomic mass is 35.5. The van der Waals surface area contributed by atoms with Crippen molar-refractivity contribution in [2.24, 2.45) is 0 Å². The lowest BCUT2D eigenvalue weighted by Crippen LogP contribution is -2.35. The third kappa shape index (κ3) is 3.09. The van der Waals surface area contributed by atoms with Gasteiger partial charge in [0, 0.05) is 6.54 Å².